The van der Waals surface area contributed by atoms with Crippen molar-refractivity contribution in [1.29, 1.82) is 0 Å². The monoisotopic (exact) mass is 481 g/mol. The first-order valence-electron chi connectivity index (χ1n) is 9.40. The van der Waals surface area contributed by atoms with Gasteiger partial charge in [0.1, 0.15) is 12.4 Å². The molecule has 0 saturated carbocycles. The number of aryl methyl sites for hydroxylation is 1. The summed E-state index contributed by atoms with van der Waals surface area (Å²) in [5.41, 5.74) is 3.93. The van der Waals surface area contributed by atoms with Crippen molar-refractivity contribution in [3.8, 4) is 5.75 Å². The van der Waals surface area contributed by atoms with Crippen LogP contribution in [0.25, 0.3) is 0 Å². The van der Waals surface area contributed by atoms with E-state index in [0.29, 0.717) is 23.7 Å². The highest BCUT2D eigenvalue weighted by Gasteiger charge is 2.11. The van der Waals surface area contributed by atoms with E-state index < -0.39 is 0 Å². The number of rotatable bonds is 7. The number of thiophene rings is 1. The number of nitrogens with zero attached hydrogens (tertiary/aromatic N) is 2. The van der Waals surface area contributed by atoms with E-state index in [1.165, 1.54) is 11.3 Å². The van der Waals surface area contributed by atoms with Crippen LogP contribution in [0.15, 0.2) is 76.8 Å². The molecule has 0 bridgehead atoms. The van der Waals surface area contributed by atoms with Crippen LogP contribution in [-0.4, -0.2) is 15.7 Å². The second-order valence-electron chi connectivity index (χ2n) is 6.93. The summed E-state index contributed by atoms with van der Waals surface area (Å²) in [6.07, 6.45) is 3.49. The van der Waals surface area contributed by atoms with Crippen molar-refractivity contribution in [3.05, 3.63) is 98.4 Å². The summed E-state index contributed by atoms with van der Waals surface area (Å²) in [6, 6.07) is 17.9. The van der Waals surface area contributed by atoms with E-state index in [-0.39, 0.29) is 5.91 Å². The zero-order valence-corrected chi connectivity index (χ0v) is 18.7. The topological polar surface area (TPSA) is 56.1 Å². The standard InChI is InChI=1S/C23H20BrN3O2S/c1-16-3-2-4-21(9-16)29-14-18-10-22(30-15-18)23(28)26-20-11-25-27(13-20)12-17-5-7-19(24)8-6-17/h2-11,13,15H,12,14H2,1H3,(H,26,28). The van der Waals surface area contributed by atoms with Gasteiger partial charge in [-0.2, -0.15) is 5.10 Å². The van der Waals surface area contributed by atoms with Crippen LogP contribution in [0.3, 0.4) is 0 Å². The number of hydrogen-bond donors (Lipinski definition) is 1. The van der Waals surface area contributed by atoms with Crippen LogP contribution in [0.4, 0.5) is 5.69 Å². The fourth-order valence-electron chi connectivity index (χ4n) is 2.93. The van der Waals surface area contributed by atoms with Gasteiger partial charge in [-0.1, -0.05) is 40.2 Å². The summed E-state index contributed by atoms with van der Waals surface area (Å²) in [4.78, 5) is 13.2. The Hall–Kier alpha value is -2.90. The number of hydrogen-bond acceptors (Lipinski definition) is 4. The largest absolute Gasteiger partial charge is 0.489 e. The highest BCUT2D eigenvalue weighted by Crippen LogP contribution is 2.20. The number of nitrogens with one attached hydrogen (secondary N) is 1. The smallest absolute Gasteiger partial charge is 0.265 e. The molecular formula is C23H20BrN3O2S. The van der Waals surface area contributed by atoms with E-state index in [1.54, 1.807) is 10.9 Å². The first kappa shape index (κ1) is 20.4. The molecule has 0 aliphatic heterocycles. The fourth-order valence-corrected chi connectivity index (χ4v) is 3.98. The minimum atomic E-state index is -0.148. The molecule has 0 spiro atoms. The second-order valence-corrected chi connectivity index (χ2v) is 8.76. The van der Waals surface area contributed by atoms with Crippen molar-refractivity contribution in [1.82, 2.24) is 9.78 Å². The van der Waals surface area contributed by atoms with E-state index in [1.807, 2.05) is 73.1 Å². The Balaban J connectivity index is 1.33. The van der Waals surface area contributed by atoms with Crippen LogP contribution in [0.2, 0.25) is 0 Å². The van der Waals surface area contributed by atoms with Gasteiger partial charge in [-0.25, -0.2) is 0 Å². The molecule has 2 aromatic heterocycles. The zero-order valence-electron chi connectivity index (χ0n) is 16.3. The Morgan fingerprint density at radius 1 is 1.17 bits per heavy atom. The average molecular weight is 482 g/mol. The van der Waals surface area contributed by atoms with Gasteiger partial charge < -0.3 is 10.1 Å². The number of halogens is 1. The predicted octanol–water partition coefficient (Wildman–Crippen LogP) is 5.90. The molecule has 152 valence electrons. The number of anilines is 1. The molecule has 30 heavy (non-hydrogen) atoms. The summed E-state index contributed by atoms with van der Waals surface area (Å²) in [5.74, 6) is 0.676. The third-order valence-electron chi connectivity index (χ3n) is 4.42. The molecule has 4 rings (SSSR count). The van der Waals surface area contributed by atoms with E-state index in [9.17, 15) is 4.79 Å². The molecule has 1 amide bonds. The lowest BCUT2D eigenvalue weighted by atomic mass is 10.2. The molecule has 0 atom stereocenters. The summed E-state index contributed by atoms with van der Waals surface area (Å²) < 4.78 is 8.65. The van der Waals surface area contributed by atoms with Gasteiger partial charge in [0, 0.05) is 16.2 Å². The maximum absolute atomic E-state index is 12.6. The van der Waals surface area contributed by atoms with Gasteiger partial charge in [-0.05, 0) is 53.8 Å². The number of aromatic nitrogens is 2. The Kier molecular flexibility index (Phi) is 6.30. The maximum atomic E-state index is 12.6. The van der Waals surface area contributed by atoms with Crippen LogP contribution in [0.1, 0.15) is 26.4 Å². The Labute approximate surface area is 187 Å². The number of carbonyl (C=O) groups is 1. The van der Waals surface area contributed by atoms with Gasteiger partial charge >= 0.3 is 0 Å². The summed E-state index contributed by atoms with van der Waals surface area (Å²) in [6.45, 7) is 3.10. The zero-order chi connectivity index (χ0) is 20.9. The van der Waals surface area contributed by atoms with E-state index >= 15 is 0 Å². The van der Waals surface area contributed by atoms with Gasteiger partial charge in [-0.15, -0.1) is 11.3 Å². The third-order valence-corrected chi connectivity index (χ3v) is 5.93. The first-order chi connectivity index (χ1) is 14.5. The first-order valence-corrected chi connectivity index (χ1v) is 11.1. The molecule has 0 fully saturated rings. The molecule has 2 heterocycles. The Morgan fingerprint density at radius 3 is 2.80 bits per heavy atom. The Bertz CT molecular complexity index is 1150. The van der Waals surface area contributed by atoms with Gasteiger partial charge in [0.05, 0.1) is 23.3 Å². The molecule has 4 aromatic rings. The molecule has 0 aliphatic rings. The molecule has 0 aliphatic carbocycles. The molecule has 1 N–H and O–H groups in total. The third kappa shape index (κ3) is 5.37. The van der Waals surface area contributed by atoms with E-state index in [0.717, 1.165) is 26.9 Å². The fraction of sp³-hybridized carbons (Fsp3) is 0.130. The number of benzene rings is 2. The van der Waals surface area contributed by atoms with Crippen LogP contribution in [0.5, 0.6) is 5.75 Å². The summed E-state index contributed by atoms with van der Waals surface area (Å²) >= 11 is 4.84. The lowest BCUT2D eigenvalue weighted by Gasteiger charge is -2.05. The highest BCUT2D eigenvalue weighted by atomic mass is 79.9. The lowest BCUT2D eigenvalue weighted by molar-refractivity contribution is 0.103. The highest BCUT2D eigenvalue weighted by molar-refractivity contribution is 9.10. The quantitative estimate of drug-likeness (QED) is 0.357. The maximum Gasteiger partial charge on any atom is 0.265 e. The van der Waals surface area contributed by atoms with Gasteiger partial charge in [0.2, 0.25) is 0 Å². The minimum absolute atomic E-state index is 0.148. The molecular weight excluding hydrogens is 462 g/mol. The van der Waals surface area contributed by atoms with Crippen molar-refractivity contribution < 1.29 is 9.53 Å². The van der Waals surface area contributed by atoms with Gasteiger partial charge in [-0.3, -0.25) is 9.48 Å². The van der Waals surface area contributed by atoms with Crippen LogP contribution in [-0.2, 0) is 13.2 Å². The number of amides is 1. The van der Waals surface area contributed by atoms with Crippen molar-refractivity contribution in [2.45, 2.75) is 20.1 Å². The summed E-state index contributed by atoms with van der Waals surface area (Å²) in [5, 5.41) is 9.18. The van der Waals surface area contributed by atoms with E-state index in [2.05, 4.69) is 26.3 Å². The molecule has 7 heteroatoms. The molecule has 0 saturated heterocycles. The average Bonchev–Trinajstić information content (AvgIpc) is 3.38. The lowest BCUT2D eigenvalue weighted by Crippen LogP contribution is -2.09. The normalized spacial score (nSPS) is 10.7. The van der Waals surface area contributed by atoms with Crippen molar-refractivity contribution >= 4 is 38.9 Å². The van der Waals surface area contributed by atoms with Gasteiger partial charge in [0.15, 0.2) is 0 Å². The predicted molar refractivity (Wildman–Crippen MR) is 123 cm³/mol. The second kappa shape index (κ2) is 9.28. The van der Waals surface area contributed by atoms with Crippen LogP contribution in [0, 0.1) is 6.92 Å². The van der Waals surface area contributed by atoms with Crippen LogP contribution >= 0.6 is 27.3 Å². The van der Waals surface area contributed by atoms with E-state index in [4.69, 9.17) is 4.74 Å². The van der Waals surface area contributed by atoms with Crippen molar-refractivity contribution in [2.75, 3.05) is 5.32 Å². The molecule has 2 aromatic carbocycles. The van der Waals surface area contributed by atoms with Gasteiger partial charge in [0.25, 0.3) is 5.91 Å². The number of ether oxygens (including phenoxy) is 1. The number of carbonyl (C=O) groups excluding carboxylic acids is 1. The van der Waals surface area contributed by atoms with Crippen molar-refractivity contribution in [3.63, 3.8) is 0 Å². The summed E-state index contributed by atoms with van der Waals surface area (Å²) in [7, 11) is 0. The minimum Gasteiger partial charge on any atom is -0.489 e. The Morgan fingerprint density at radius 2 is 2.00 bits per heavy atom. The molecule has 0 radical (unpaired) electrons. The molecule has 0 unspecified atom stereocenters. The SMILES string of the molecule is Cc1cccc(OCc2csc(C(=O)Nc3cnn(Cc4ccc(Br)cc4)c3)c2)c1. The van der Waals surface area contributed by atoms with Crippen molar-refractivity contribution in [2.24, 2.45) is 0 Å². The molecule has 5 nitrogen and oxygen atoms in total. The van der Waals surface area contributed by atoms with Crippen LogP contribution < -0.4 is 10.1 Å².